The van der Waals surface area contributed by atoms with Gasteiger partial charge >= 0.3 is 0 Å². The van der Waals surface area contributed by atoms with Crippen molar-refractivity contribution in [3.05, 3.63) is 35.9 Å². The molecule has 0 saturated carbocycles. The summed E-state index contributed by atoms with van der Waals surface area (Å²) in [7, 11) is 0. The van der Waals surface area contributed by atoms with Crippen LogP contribution < -0.4 is 4.90 Å². The minimum absolute atomic E-state index is 0.597. The van der Waals surface area contributed by atoms with Gasteiger partial charge in [-0.3, -0.25) is 0 Å². The lowest BCUT2D eigenvalue weighted by atomic mass is 10.0. The molecule has 1 unspecified atom stereocenters. The highest BCUT2D eigenvalue weighted by Crippen LogP contribution is 2.30. The highest BCUT2D eigenvalue weighted by atomic mass is 79.9. The fourth-order valence-corrected chi connectivity index (χ4v) is 3.32. The lowest BCUT2D eigenvalue weighted by molar-refractivity contribution is 0.481. The molecule has 100 valence electrons. The molecule has 3 heteroatoms. The predicted molar refractivity (Wildman–Crippen MR) is 85.0 cm³/mol. The topological polar surface area (TPSA) is 16.1 Å². The van der Waals surface area contributed by atoms with E-state index in [0.717, 1.165) is 17.4 Å². The normalized spacial score (nSPS) is 19.9. The molecule has 1 aliphatic rings. The van der Waals surface area contributed by atoms with Gasteiger partial charge in [-0.05, 0) is 38.3 Å². The molecule has 1 aromatic heterocycles. The second-order valence-electron chi connectivity index (χ2n) is 5.34. The second-order valence-corrected chi connectivity index (χ2v) is 5.90. The van der Waals surface area contributed by atoms with Crippen molar-refractivity contribution in [3.63, 3.8) is 0 Å². The Morgan fingerprint density at radius 3 is 2.95 bits per heavy atom. The zero-order valence-electron chi connectivity index (χ0n) is 11.3. The number of rotatable bonds is 2. The molecular formula is C16H19BrN2. The quantitative estimate of drug-likeness (QED) is 0.757. The van der Waals surface area contributed by atoms with Crippen LogP contribution in [0.4, 0.5) is 5.82 Å². The van der Waals surface area contributed by atoms with E-state index in [1.165, 1.54) is 36.0 Å². The smallest absolute Gasteiger partial charge is 0.133 e. The van der Waals surface area contributed by atoms with Gasteiger partial charge in [0.05, 0.1) is 5.52 Å². The molecule has 0 N–H and O–H groups in total. The summed E-state index contributed by atoms with van der Waals surface area (Å²) in [5.74, 6) is 1.17. The second kappa shape index (κ2) is 5.49. The maximum Gasteiger partial charge on any atom is 0.133 e. The zero-order valence-corrected chi connectivity index (χ0v) is 12.9. The van der Waals surface area contributed by atoms with Crippen LogP contribution in [0.5, 0.6) is 0 Å². The summed E-state index contributed by atoms with van der Waals surface area (Å²) in [6.07, 6.45) is 3.89. The lowest BCUT2D eigenvalue weighted by Gasteiger charge is -2.35. The standard InChI is InChI=1S/C16H19BrN2/c1-12-6-4-5-9-19(12)16-14(11-17)10-13-7-2-3-8-15(13)18-16/h2-3,7-8,10,12H,4-6,9,11H2,1H3. The van der Waals surface area contributed by atoms with Gasteiger partial charge in [-0.25, -0.2) is 4.98 Å². The first kappa shape index (κ1) is 12.9. The summed E-state index contributed by atoms with van der Waals surface area (Å²) >= 11 is 3.61. The Kier molecular flexibility index (Phi) is 3.74. The fraction of sp³-hybridized carbons (Fsp3) is 0.438. The first-order valence-corrected chi connectivity index (χ1v) is 8.13. The molecule has 2 aromatic rings. The minimum atomic E-state index is 0.597. The largest absolute Gasteiger partial charge is 0.354 e. The van der Waals surface area contributed by atoms with Gasteiger partial charge in [-0.15, -0.1) is 0 Å². The summed E-state index contributed by atoms with van der Waals surface area (Å²) in [4.78, 5) is 7.39. The van der Waals surface area contributed by atoms with E-state index in [-0.39, 0.29) is 0 Å². The first-order valence-electron chi connectivity index (χ1n) is 7.01. The van der Waals surface area contributed by atoms with Crippen LogP contribution in [0.25, 0.3) is 10.9 Å². The van der Waals surface area contributed by atoms with Crippen molar-refractivity contribution in [1.82, 2.24) is 4.98 Å². The Hall–Kier alpha value is -1.09. The van der Waals surface area contributed by atoms with Crippen molar-refractivity contribution >= 4 is 32.7 Å². The summed E-state index contributed by atoms with van der Waals surface area (Å²) in [6.45, 7) is 3.44. The number of benzene rings is 1. The lowest BCUT2D eigenvalue weighted by Crippen LogP contribution is -2.38. The SMILES string of the molecule is CC1CCCCN1c1nc2ccccc2cc1CBr. The number of hydrogen-bond acceptors (Lipinski definition) is 2. The van der Waals surface area contributed by atoms with E-state index in [4.69, 9.17) is 4.98 Å². The van der Waals surface area contributed by atoms with Gasteiger partial charge < -0.3 is 4.90 Å². The summed E-state index contributed by atoms with van der Waals surface area (Å²) in [5.41, 5.74) is 2.40. The number of anilines is 1. The van der Waals surface area contributed by atoms with Crippen LogP contribution in [-0.2, 0) is 5.33 Å². The molecule has 19 heavy (non-hydrogen) atoms. The van der Waals surface area contributed by atoms with E-state index in [2.05, 4.69) is 58.1 Å². The van der Waals surface area contributed by atoms with E-state index < -0.39 is 0 Å². The van der Waals surface area contributed by atoms with Crippen LogP contribution in [-0.4, -0.2) is 17.6 Å². The van der Waals surface area contributed by atoms with Gasteiger partial charge in [0.15, 0.2) is 0 Å². The molecule has 0 aliphatic carbocycles. The number of halogens is 1. The van der Waals surface area contributed by atoms with Crippen LogP contribution in [0.2, 0.25) is 0 Å². The van der Waals surface area contributed by atoms with Crippen LogP contribution in [0.1, 0.15) is 31.7 Å². The van der Waals surface area contributed by atoms with Crippen molar-refractivity contribution in [2.45, 2.75) is 37.6 Å². The number of hydrogen-bond donors (Lipinski definition) is 0. The maximum absolute atomic E-state index is 4.92. The molecule has 2 nitrogen and oxygen atoms in total. The zero-order chi connectivity index (χ0) is 13.2. The third kappa shape index (κ3) is 2.48. The highest BCUT2D eigenvalue weighted by Gasteiger charge is 2.22. The molecule has 1 atom stereocenters. The molecule has 1 aliphatic heterocycles. The Morgan fingerprint density at radius 1 is 1.32 bits per heavy atom. The highest BCUT2D eigenvalue weighted by molar-refractivity contribution is 9.08. The number of aromatic nitrogens is 1. The van der Waals surface area contributed by atoms with Crippen LogP contribution in [0.15, 0.2) is 30.3 Å². The van der Waals surface area contributed by atoms with E-state index >= 15 is 0 Å². The van der Waals surface area contributed by atoms with Crippen molar-refractivity contribution in [2.24, 2.45) is 0 Å². The van der Waals surface area contributed by atoms with Crippen LogP contribution in [0, 0.1) is 0 Å². The van der Waals surface area contributed by atoms with E-state index in [0.29, 0.717) is 6.04 Å². The fourth-order valence-electron chi connectivity index (χ4n) is 2.91. The van der Waals surface area contributed by atoms with Gasteiger partial charge in [0, 0.05) is 28.9 Å². The van der Waals surface area contributed by atoms with Crippen molar-refractivity contribution < 1.29 is 0 Å². The molecule has 0 amide bonds. The van der Waals surface area contributed by atoms with E-state index in [1.807, 2.05) is 0 Å². The number of piperidine rings is 1. The number of nitrogens with zero attached hydrogens (tertiary/aromatic N) is 2. The number of alkyl halides is 1. The molecule has 0 spiro atoms. The Morgan fingerprint density at radius 2 is 2.16 bits per heavy atom. The molecule has 1 saturated heterocycles. The summed E-state index contributed by atoms with van der Waals surface area (Å²) in [5, 5.41) is 2.09. The molecule has 0 bridgehead atoms. The van der Waals surface area contributed by atoms with Gasteiger partial charge in [0.25, 0.3) is 0 Å². The maximum atomic E-state index is 4.92. The predicted octanol–water partition coefficient (Wildman–Crippen LogP) is 4.51. The molecule has 2 heterocycles. The summed E-state index contributed by atoms with van der Waals surface area (Å²) < 4.78 is 0. The molecule has 3 rings (SSSR count). The van der Waals surface area contributed by atoms with Crippen LogP contribution in [0.3, 0.4) is 0 Å². The molecular weight excluding hydrogens is 300 g/mol. The molecule has 1 fully saturated rings. The Labute approximate surface area is 123 Å². The average molecular weight is 319 g/mol. The van der Waals surface area contributed by atoms with Crippen LogP contribution >= 0.6 is 15.9 Å². The van der Waals surface area contributed by atoms with Gasteiger partial charge in [-0.2, -0.15) is 0 Å². The van der Waals surface area contributed by atoms with Gasteiger partial charge in [0.2, 0.25) is 0 Å². The van der Waals surface area contributed by atoms with Gasteiger partial charge in [0.1, 0.15) is 5.82 Å². The Bertz CT molecular complexity index is 582. The monoisotopic (exact) mass is 318 g/mol. The van der Waals surface area contributed by atoms with Gasteiger partial charge in [-0.1, -0.05) is 34.1 Å². The van der Waals surface area contributed by atoms with E-state index in [9.17, 15) is 0 Å². The van der Waals surface area contributed by atoms with Crippen molar-refractivity contribution in [2.75, 3.05) is 11.4 Å². The third-order valence-corrected chi connectivity index (χ3v) is 4.60. The van der Waals surface area contributed by atoms with Crippen molar-refractivity contribution in [1.29, 1.82) is 0 Å². The third-order valence-electron chi connectivity index (χ3n) is 4.00. The number of pyridine rings is 1. The Balaban J connectivity index is 2.10. The molecule has 0 radical (unpaired) electrons. The minimum Gasteiger partial charge on any atom is -0.354 e. The first-order chi connectivity index (χ1) is 9.29. The summed E-state index contributed by atoms with van der Waals surface area (Å²) in [6, 6.07) is 11.2. The average Bonchev–Trinajstić information content (AvgIpc) is 2.46. The number of fused-ring (bicyclic) bond motifs is 1. The number of para-hydroxylation sites is 1. The molecule has 1 aromatic carbocycles. The van der Waals surface area contributed by atoms with E-state index in [1.54, 1.807) is 0 Å². The van der Waals surface area contributed by atoms with Crippen molar-refractivity contribution in [3.8, 4) is 0 Å².